The Morgan fingerprint density at radius 2 is 2.05 bits per heavy atom. The van der Waals surface area contributed by atoms with E-state index in [-0.39, 0.29) is 5.97 Å². The molecule has 4 rings (SSSR count). The van der Waals surface area contributed by atoms with Crippen molar-refractivity contribution in [3.05, 3.63) is 60.2 Å². The minimum Gasteiger partial charge on any atom is -0.488 e. The van der Waals surface area contributed by atoms with Crippen LogP contribution in [0.2, 0.25) is 0 Å². The predicted molar refractivity (Wildman–Crippen MR) is 83.9 cm³/mol. The fourth-order valence-corrected chi connectivity index (χ4v) is 2.91. The molecule has 1 radical (unpaired) electrons. The largest absolute Gasteiger partial charge is 0.488 e. The summed E-state index contributed by atoms with van der Waals surface area (Å²) in [7, 11) is 0. The van der Waals surface area contributed by atoms with Crippen LogP contribution < -0.4 is 9.47 Å². The number of rotatable bonds is 1. The minimum atomic E-state index is -0.327. The fraction of sp³-hybridized carbons (Fsp3) is 0.105. The van der Waals surface area contributed by atoms with Gasteiger partial charge in [0.05, 0.1) is 0 Å². The summed E-state index contributed by atoms with van der Waals surface area (Å²) in [5, 5.41) is 1.83. The Morgan fingerprint density at radius 1 is 1.14 bits per heavy atom. The molecule has 3 nitrogen and oxygen atoms in total. The van der Waals surface area contributed by atoms with Gasteiger partial charge in [-0.1, -0.05) is 24.3 Å². The molecule has 0 atom stereocenters. The minimum absolute atomic E-state index is 0.327. The molecule has 0 spiro atoms. The zero-order chi connectivity index (χ0) is 15.1. The highest BCUT2D eigenvalue weighted by molar-refractivity contribution is 6.00. The van der Waals surface area contributed by atoms with Gasteiger partial charge in [-0.05, 0) is 41.5 Å². The summed E-state index contributed by atoms with van der Waals surface area (Å²) in [6.07, 6.45) is 0. The Hall–Kier alpha value is -2.81. The Kier molecular flexibility index (Phi) is 2.86. The smallest absolute Gasteiger partial charge is 0.308 e. The molecule has 1 heterocycles. The topological polar surface area (TPSA) is 35.5 Å². The number of hydrogen-bond acceptors (Lipinski definition) is 3. The molecule has 1 aliphatic rings. The van der Waals surface area contributed by atoms with Crippen LogP contribution in [-0.4, -0.2) is 5.97 Å². The molecule has 3 aromatic rings. The number of carbonyl (C=O) groups is 1. The van der Waals surface area contributed by atoms with Crippen LogP contribution in [-0.2, 0) is 11.4 Å². The van der Waals surface area contributed by atoms with Gasteiger partial charge in [-0.2, -0.15) is 0 Å². The number of benzene rings is 3. The van der Waals surface area contributed by atoms with Crippen molar-refractivity contribution in [2.24, 2.45) is 0 Å². The number of fused-ring (bicyclic) bond motifs is 5. The molecule has 0 bridgehead atoms. The third kappa shape index (κ3) is 1.94. The van der Waals surface area contributed by atoms with Gasteiger partial charge in [0.1, 0.15) is 18.1 Å². The molecule has 0 aliphatic carbocycles. The van der Waals surface area contributed by atoms with Crippen molar-refractivity contribution in [2.45, 2.75) is 13.5 Å². The van der Waals surface area contributed by atoms with E-state index in [2.05, 4.69) is 12.1 Å². The molecule has 0 saturated heterocycles. The lowest BCUT2D eigenvalue weighted by Gasteiger charge is -2.22. The van der Waals surface area contributed by atoms with Crippen LogP contribution in [0.5, 0.6) is 11.5 Å². The van der Waals surface area contributed by atoms with E-state index < -0.39 is 0 Å². The molecule has 0 N–H and O–H groups in total. The lowest BCUT2D eigenvalue weighted by molar-refractivity contribution is -0.131. The van der Waals surface area contributed by atoms with Crippen molar-refractivity contribution in [2.75, 3.05) is 0 Å². The number of ether oxygens (including phenoxy) is 2. The maximum absolute atomic E-state index is 11.3. The van der Waals surface area contributed by atoms with Gasteiger partial charge in [-0.25, -0.2) is 0 Å². The van der Waals surface area contributed by atoms with Crippen molar-refractivity contribution < 1.29 is 14.3 Å². The van der Waals surface area contributed by atoms with E-state index in [1.54, 1.807) is 6.07 Å². The van der Waals surface area contributed by atoms with Crippen LogP contribution in [0.1, 0.15) is 12.5 Å². The molecule has 0 fully saturated rings. The third-order valence-electron chi connectivity index (χ3n) is 3.84. The molecular weight excluding hydrogens is 276 g/mol. The van der Waals surface area contributed by atoms with Gasteiger partial charge in [0.15, 0.2) is 0 Å². The second-order valence-electron chi connectivity index (χ2n) is 5.26. The van der Waals surface area contributed by atoms with E-state index in [0.717, 1.165) is 27.6 Å². The second-order valence-corrected chi connectivity index (χ2v) is 5.26. The van der Waals surface area contributed by atoms with Crippen LogP contribution in [0.3, 0.4) is 0 Å². The molecule has 0 aromatic heterocycles. The highest BCUT2D eigenvalue weighted by Gasteiger charge is 2.20. The van der Waals surface area contributed by atoms with Crippen molar-refractivity contribution in [3.8, 4) is 22.6 Å². The quantitative estimate of drug-likeness (QED) is 0.499. The Bertz CT molecular complexity index is 896. The summed E-state index contributed by atoms with van der Waals surface area (Å²) in [4.78, 5) is 11.3. The molecule has 22 heavy (non-hydrogen) atoms. The first-order chi connectivity index (χ1) is 10.7. The first kappa shape index (κ1) is 12.9. The zero-order valence-corrected chi connectivity index (χ0v) is 12.1. The van der Waals surface area contributed by atoms with Gasteiger partial charge in [0.25, 0.3) is 0 Å². The van der Waals surface area contributed by atoms with Gasteiger partial charge in [0.2, 0.25) is 0 Å². The van der Waals surface area contributed by atoms with Crippen LogP contribution in [0.4, 0.5) is 0 Å². The number of carbonyl (C=O) groups excluding carboxylic acids is 1. The van der Waals surface area contributed by atoms with E-state index in [1.165, 1.54) is 12.5 Å². The summed E-state index contributed by atoms with van der Waals surface area (Å²) in [6.45, 7) is 1.93. The fourth-order valence-electron chi connectivity index (χ4n) is 2.91. The monoisotopic (exact) mass is 289 g/mol. The molecule has 107 valence electrons. The van der Waals surface area contributed by atoms with Crippen LogP contribution >= 0.6 is 0 Å². The molecule has 3 aromatic carbocycles. The summed E-state index contributed by atoms with van der Waals surface area (Å²) >= 11 is 0. The molecule has 1 aliphatic heterocycles. The Labute approximate surface area is 128 Å². The number of hydrogen-bond donors (Lipinski definition) is 0. The Morgan fingerprint density at radius 3 is 2.91 bits per heavy atom. The van der Waals surface area contributed by atoms with Gasteiger partial charge < -0.3 is 9.47 Å². The van der Waals surface area contributed by atoms with Gasteiger partial charge in [-0.3, -0.25) is 4.79 Å². The van der Waals surface area contributed by atoms with Crippen LogP contribution in [0.25, 0.3) is 21.9 Å². The number of esters is 1. The predicted octanol–water partition coefficient (Wildman–Crippen LogP) is 4.12. The summed E-state index contributed by atoms with van der Waals surface area (Å²) < 4.78 is 11.3. The van der Waals surface area contributed by atoms with E-state index in [1.807, 2.05) is 36.4 Å². The highest BCUT2D eigenvalue weighted by Crippen LogP contribution is 2.43. The SMILES string of the molecule is CC(=O)Oc1cccc2c3c(ccc12)-c1cc[c]cc1CO3. The second kappa shape index (κ2) is 4.88. The average Bonchev–Trinajstić information content (AvgIpc) is 2.54. The third-order valence-corrected chi connectivity index (χ3v) is 3.84. The lowest BCUT2D eigenvalue weighted by atomic mass is 9.94. The van der Waals surface area contributed by atoms with E-state index in [0.29, 0.717) is 12.4 Å². The van der Waals surface area contributed by atoms with Crippen LogP contribution in [0.15, 0.2) is 48.5 Å². The van der Waals surface area contributed by atoms with Crippen molar-refractivity contribution in [1.29, 1.82) is 0 Å². The Balaban J connectivity index is 1.97. The molecule has 0 saturated carbocycles. The van der Waals surface area contributed by atoms with Gasteiger partial charge in [0, 0.05) is 23.3 Å². The maximum Gasteiger partial charge on any atom is 0.308 e. The summed E-state index contributed by atoms with van der Waals surface area (Å²) in [6, 6.07) is 18.6. The first-order valence-electron chi connectivity index (χ1n) is 7.10. The lowest BCUT2D eigenvalue weighted by Crippen LogP contribution is -2.06. The standard InChI is InChI=1S/C19H13O3/c1-12(20)22-18-8-4-7-16-15(18)9-10-17-14-6-3-2-5-13(14)11-21-19(16)17/h3-10H,11H2,1H3. The molecule has 0 amide bonds. The molecule has 0 unspecified atom stereocenters. The van der Waals surface area contributed by atoms with Gasteiger partial charge >= 0.3 is 5.97 Å². The van der Waals surface area contributed by atoms with Crippen molar-refractivity contribution >= 4 is 16.7 Å². The summed E-state index contributed by atoms with van der Waals surface area (Å²) in [5.74, 6) is 1.07. The van der Waals surface area contributed by atoms with Gasteiger partial charge in [-0.15, -0.1) is 0 Å². The maximum atomic E-state index is 11.3. The normalized spacial score (nSPS) is 12.2. The van der Waals surface area contributed by atoms with E-state index in [9.17, 15) is 4.79 Å². The first-order valence-corrected chi connectivity index (χ1v) is 7.10. The highest BCUT2D eigenvalue weighted by atomic mass is 16.5. The average molecular weight is 289 g/mol. The van der Waals surface area contributed by atoms with E-state index in [4.69, 9.17) is 9.47 Å². The van der Waals surface area contributed by atoms with Crippen LogP contribution in [0, 0.1) is 6.07 Å². The zero-order valence-electron chi connectivity index (χ0n) is 12.1. The van der Waals surface area contributed by atoms with E-state index >= 15 is 0 Å². The molecule has 3 heteroatoms. The summed E-state index contributed by atoms with van der Waals surface area (Å²) in [5.41, 5.74) is 3.35. The van der Waals surface area contributed by atoms with Crippen molar-refractivity contribution in [3.63, 3.8) is 0 Å². The van der Waals surface area contributed by atoms with Crippen molar-refractivity contribution in [1.82, 2.24) is 0 Å². The molecular formula is C19H13O3.